The summed E-state index contributed by atoms with van der Waals surface area (Å²) in [5.41, 5.74) is 0. The van der Waals surface area contributed by atoms with E-state index in [9.17, 15) is 14.4 Å². The first-order valence-electron chi connectivity index (χ1n) is 24.9. The molecule has 1 atom stereocenters. The molecule has 0 heterocycles. The first-order valence-corrected chi connectivity index (χ1v) is 24.9. The van der Waals surface area contributed by atoms with Gasteiger partial charge in [-0.15, -0.1) is 0 Å². The van der Waals surface area contributed by atoms with E-state index >= 15 is 0 Å². The maximum atomic E-state index is 12.7. The van der Waals surface area contributed by atoms with Gasteiger partial charge in [0.1, 0.15) is 13.2 Å². The van der Waals surface area contributed by atoms with E-state index in [4.69, 9.17) is 14.2 Å². The molecule has 0 aromatic rings. The molecule has 0 aromatic carbocycles. The van der Waals surface area contributed by atoms with Crippen LogP contribution in [0.15, 0.2) is 109 Å². The SMILES string of the molecule is CC/C=C\C/C=C\C/C=C\C/C=C\C/C=C\CCCC(=O)OC(COC(=O)CCCCCCCC/C=C\C/C=C\C/C=C\C/C=C\CC)COC(=O)CCCCCCCCCC. The zero-order chi connectivity index (χ0) is 45.1. The van der Waals surface area contributed by atoms with Crippen LogP contribution in [0.3, 0.4) is 0 Å². The molecule has 62 heavy (non-hydrogen) atoms. The minimum Gasteiger partial charge on any atom is -0.462 e. The molecule has 0 aliphatic rings. The molecule has 0 aliphatic heterocycles. The fraction of sp³-hybridized carbons (Fsp3) is 0.625. The van der Waals surface area contributed by atoms with Crippen LogP contribution in [-0.4, -0.2) is 37.2 Å². The molecule has 6 heteroatoms. The van der Waals surface area contributed by atoms with Gasteiger partial charge in [-0.05, 0) is 96.3 Å². The predicted molar refractivity (Wildman–Crippen MR) is 265 cm³/mol. The lowest BCUT2D eigenvalue weighted by atomic mass is 10.1. The lowest BCUT2D eigenvalue weighted by Gasteiger charge is -2.18. The van der Waals surface area contributed by atoms with Gasteiger partial charge < -0.3 is 14.2 Å². The van der Waals surface area contributed by atoms with E-state index in [2.05, 4.69) is 130 Å². The Morgan fingerprint density at radius 1 is 0.339 bits per heavy atom. The summed E-state index contributed by atoms with van der Waals surface area (Å²) in [4.78, 5) is 37.8. The minimum atomic E-state index is -0.812. The van der Waals surface area contributed by atoms with Crippen molar-refractivity contribution in [3.63, 3.8) is 0 Å². The summed E-state index contributed by atoms with van der Waals surface area (Å²) in [6, 6.07) is 0. The van der Waals surface area contributed by atoms with E-state index in [1.807, 2.05) is 0 Å². The average molecular weight is 859 g/mol. The molecule has 0 radical (unpaired) electrons. The third-order valence-electron chi connectivity index (χ3n) is 10.0. The second-order valence-corrected chi connectivity index (χ2v) is 16.0. The summed E-state index contributed by atoms with van der Waals surface area (Å²) < 4.78 is 16.7. The van der Waals surface area contributed by atoms with Crippen LogP contribution in [0.5, 0.6) is 0 Å². The van der Waals surface area contributed by atoms with Crippen LogP contribution in [0.4, 0.5) is 0 Å². The molecule has 0 rings (SSSR count). The highest BCUT2D eigenvalue weighted by molar-refractivity contribution is 5.71. The van der Waals surface area contributed by atoms with Crippen LogP contribution in [0.2, 0.25) is 0 Å². The second-order valence-electron chi connectivity index (χ2n) is 16.0. The third kappa shape index (κ3) is 47.1. The Kier molecular flexibility index (Phi) is 46.6. The van der Waals surface area contributed by atoms with Crippen molar-refractivity contribution in [2.75, 3.05) is 13.2 Å². The summed E-state index contributed by atoms with van der Waals surface area (Å²) in [5, 5.41) is 0. The quantitative estimate of drug-likeness (QED) is 0.0263. The molecule has 1 unspecified atom stereocenters. The molecular weight excluding hydrogens is 769 g/mol. The Hall–Kier alpha value is -3.93. The van der Waals surface area contributed by atoms with Crippen molar-refractivity contribution in [3.8, 4) is 0 Å². The molecule has 0 saturated heterocycles. The molecule has 0 bridgehead atoms. The molecule has 350 valence electrons. The normalized spacial score (nSPS) is 13.0. The van der Waals surface area contributed by atoms with Crippen LogP contribution in [0.1, 0.15) is 207 Å². The van der Waals surface area contributed by atoms with Gasteiger partial charge in [0.25, 0.3) is 0 Å². The number of hydrogen-bond donors (Lipinski definition) is 0. The number of esters is 3. The van der Waals surface area contributed by atoms with Gasteiger partial charge in [0.05, 0.1) is 0 Å². The van der Waals surface area contributed by atoms with Gasteiger partial charge in [-0.2, -0.15) is 0 Å². The van der Waals surface area contributed by atoms with E-state index < -0.39 is 6.10 Å². The summed E-state index contributed by atoms with van der Waals surface area (Å²) in [7, 11) is 0. The number of ether oxygens (including phenoxy) is 3. The molecule has 0 spiro atoms. The van der Waals surface area contributed by atoms with Crippen molar-refractivity contribution in [1.82, 2.24) is 0 Å². The van der Waals surface area contributed by atoms with Crippen LogP contribution >= 0.6 is 0 Å². The van der Waals surface area contributed by atoms with Gasteiger partial charge in [0.2, 0.25) is 0 Å². The summed E-state index contributed by atoms with van der Waals surface area (Å²) in [6.07, 6.45) is 66.6. The zero-order valence-corrected chi connectivity index (χ0v) is 39.8. The van der Waals surface area contributed by atoms with Crippen LogP contribution in [0, 0.1) is 0 Å². The molecule has 0 saturated carbocycles. The Morgan fingerprint density at radius 3 is 1.03 bits per heavy atom. The predicted octanol–water partition coefficient (Wildman–Crippen LogP) is 16.4. The fourth-order valence-electron chi connectivity index (χ4n) is 6.35. The molecule has 0 N–H and O–H groups in total. The van der Waals surface area contributed by atoms with Gasteiger partial charge in [-0.1, -0.05) is 201 Å². The topological polar surface area (TPSA) is 78.9 Å². The highest BCUT2D eigenvalue weighted by Gasteiger charge is 2.19. The molecule has 0 fully saturated rings. The number of carbonyl (C=O) groups is 3. The third-order valence-corrected chi connectivity index (χ3v) is 10.0. The number of rotatable bonds is 43. The minimum absolute atomic E-state index is 0.107. The molecule has 6 nitrogen and oxygen atoms in total. The zero-order valence-electron chi connectivity index (χ0n) is 39.8. The van der Waals surface area contributed by atoms with Crippen molar-refractivity contribution in [2.45, 2.75) is 213 Å². The van der Waals surface area contributed by atoms with Crippen molar-refractivity contribution in [2.24, 2.45) is 0 Å². The highest BCUT2D eigenvalue weighted by atomic mass is 16.6. The summed E-state index contributed by atoms with van der Waals surface area (Å²) in [5.74, 6) is -0.992. The van der Waals surface area contributed by atoms with Crippen LogP contribution in [0.25, 0.3) is 0 Å². The molecule has 0 amide bonds. The maximum Gasteiger partial charge on any atom is 0.306 e. The molecule has 0 aromatic heterocycles. The van der Waals surface area contributed by atoms with Crippen molar-refractivity contribution in [1.29, 1.82) is 0 Å². The second kappa shape index (κ2) is 49.7. The first kappa shape index (κ1) is 58.1. The lowest BCUT2D eigenvalue weighted by molar-refractivity contribution is -0.167. The van der Waals surface area contributed by atoms with E-state index in [1.165, 1.54) is 44.9 Å². The van der Waals surface area contributed by atoms with Crippen molar-refractivity contribution >= 4 is 17.9 Å². The largest absolute Gasteiger partial charge is 0.462 e. The Bertz CT molecular complexity index is 1310. The Morgan fingerprint density at radius 2 is 0.645 bits per heavy atom. The Balaban J connectivity index is 4.44. The number of carbonyl (C=O) groups excluding carboxylic acids is 3. The fourth-order valence-corrected chi connectivity index (χ4v) is 6.35. The van der Waals surface area contributed by atoms with Gasteiger partial charge in [-0.3, -0.25) is 14.4 Å². The summed E-state index contributed by atoms with van der Waals surface area (Å²) in [6.45, 7) is 6.30. The van der Waals surface area contributed by atoms with Gasteiger partial charge >= 0.3 is 17.9 Å². The number of unbranched alkanes of at least 4 members (excludes halogenated alkanes) is 14. The van der Waals surface area contributed by atoms with Gasteiger partial charge in [0, 0.05) is 19.3 Å². The van der Waals surface area contributed by atoms with Crippen LogP contribution < -0.4 is 0 Å². The monoisotopic (exact) mass is 859 g/mol. The number of hydrogen-bond acceptors (Lipinski definition) is 6. The lowest BCUT2D eigenvalue weighted by Crippen LogP contribution is -2.30. The molecule has 0 aliphatic carbocycles. The maximum absolute atomic E-state index is 12.7. The standard InChI is InChI=1S/C56H90O6/c1-4-7-10-13-16-19-21-23-25-27-28-30-31-33-35-37-40-43-46-49-55(58)61-52-53(51-60-54(57)48-45-42-39-18-15-12-9-6-3)62-56(59)50-47-44-41-38-36-34-32-29-26-24-22-20-17-14-11-8-5-2/h7-8,10-11,16-17,19-20,23-26,28,30,32,34,38,41,53H,4-6,9,12-15,18,21-22,27,29,31,33,35-37,39-40,42-52H2,1-3H3/b10-7-,11-8-,19-16-,20-17-,25-23-,26-24-,30-28-,34-32-,41-38-. The van der Waals surface area contributed by atoms with E-state index in [1.54, 1.807) is 0 Å². The first-order chi connectivity index (χ1) is 30.5. The van der Waals surface area contributed by atoms with Crippen molar-refractivity contribution in [3.05, 3.63) is 109 Å². The van der Waals surface area contributed by atoms with Crippen molar-refractivity contribution < 1.29 is 28.6 Å². The van der Waals surface area contributed by atoms with Gasteiger partial charge in [0.15, 0.2) is 6.10 Å². The smallest absolute Gasteiger partial charge is 0.306 e. The van der Waals surface area contributed by atoms with E-state index in [0.717, 1.165) is 116 Å². The average Bonchev–Trinajstić information content (AvgIpc) is 3.27. The van der Waals surface area contributed by atoms with Crippen LogP contribution in [-0.2, 0) is 28.6 Å². The summed E-state index contributed by atoms with van der Waals surface area (Å²) >= 11 is 0. The Labute approximate surface area is 380 Å². The molecular formula is C56H90O6. The highest BCUT2D eigenvalue weighted by Crippen LogP contribution is 2.13. The van der Waals surface area contributed by atoms with Gasteiger partial charge in [-0.25, -0.2) is 0 Å². The van der Waals surface area contributed by atoms with E-state index in [-0.39, 0.29) is 37.5 Å². The number of allylic oxidation sites excluding steroid dienone is 18. The van der Waals surface area contributed by atoms with E-state index in [0.29, 0.717) is 19.3 Å².